The number of halogens is 1. The number of carbonyl (C=O) groups is 1. The molecule has 0 bridgehead atoms. The van der Waals surface area contributed by atoms with Crippen LogP contribution in [0.15, 0.2) is 54.6 Å². The monoisotopic (exact) mass is 447 g/mol. The molecule has 2 heterocycles. The molecule has 32 heavy (non-hydrogen) atoms. The van der Waals surface area contributed by atoms with Crippen molar-refractivity contribution in [3.8, 4) is 0 Å². The number of amides is 1. The van der Waals surface area contributed by atoms with Crippen LogP contribution in [0, 0.1) is 27.7 Å². The van der Waals surface area contributed by atoms with Crippen LogP contribution in [0.2, 0.25) is 5.02 Å². The summed E-state index contributed by atoms with van der Waals surface area (Å²) in [7, 11) is 0. The first-order valence-corrected chi connectivity index (χ1v) is 10.9. The van der Waals surface area contributed by atoms with Crippen molar-refractivity contribution >= 4 is 23.2 Å². The molecule has 4 aromatic rings. The zero-order chi connectivity index (χ0) is 22.8. The lowest BCUT2D eigenvalue weighted by molar-refractivity contribution is 0.102. The molecule has 0 saturated heterocycles. The highest BCUT2D eigenvalue weighted by molar-refractivity contribution is 6.30. The van der Waals surface area contributed by atoms with E-state index in [0.29, 0.717) is 23.7 Å². The molecule has 0 aliphatic carbocycles. The summed E-state index contributed by atoms with van der Waals surface area (Å²) in [5.74, 6) is -0.156. The number of aryl methyl sites for hydroxylation is 3. The molecule has 0 radical (unpaired) electrons. The number of benzene rings is 2. The normalized spacial score (nSPS) is 11.0. The van der Waals surface area contributed by atoms with Gasteiger partial charge in [-0.1, -0.05) is 35.9 Å². The fraction of sp³-hybridized carbons (Fsp3) is 0.240. The molecule has 6 nitrogen and oxygen atoms in total. The van der Waals surface area contributed by atoms with E-state index in [2.05, 4.69) is 21.6 Å². The minimum atomic E-state index is -0.156. The molecule has 4 rings (SSSR count). The first kappa shape index (κ1) is 21.8. The number of rotatable bonds is 6. The summed E-state index contributed by atoms with van der Waals surface area (Å²) >= 11 is 6.10. The molecule has 0 fully saturated rings. The fourth-order valence-corrected chi connectivity index (χ4v) is 4.01. The summed E-state index contributed by atoms with van der Waals surface area (Å²) in [5.41, 5.74) is 7.28. The van der Waals surface area contributed by atoms with Crippen LogP contribution < -0.4 is 5.32 Å². The predicted molar refractivity (Wildman–Crippen MR) is 127 cm³/mol. The second kappa shape index (κ2) is 9.01. The molecule has 0 unspecified atom stereocenters. The largest absolute Gasteiger partial charge is 0.319 e. The van der Waals surface area contributed by atoms with Gasteiger partial charge in [0.2, 0.25) is 0 Å². The van der Waals surface area contributed by atoms with Crippen molar-refractivity contribution in [3.63, 3.8) is 0 Å². The van der Waals surface area contributed by atoms with Crippen LogP contribution in [0.5, 0.6) is 0 Å². The van der Waals surface area contributed by atoms with E-state index in [-0.39, 0.29) is 5.91 Å². The topological polar surface area (TPSA) is 64.7 Å². The third-order valence-corrected chi connectivity index (χ3v) is 5.73. The molecule has 1 amide bonds. The Kier molecular flexibility index (Phi) is 6.15. The van der Waals surface area contributed by atoms with E-state index >= 15 is 0 Å². The van der Waals surface area contributed by atoms with Gasteiger partial charge in [-0.15, -0.1) is 0 Å². The first-order valence-electron chi connectivity index (χ1n) is 10.5. The minimum absolute atomic E-state index is 0.156. The SMILES string of the molecule is Cc1cc(C)n(Cc2ccc(C(=O)Nc3c(C)nn(Cc4cccc(Cl)c4)c3C)cc2)n1. The van der Waals surface area contributed by atoms with E-state index in [0.717, 1.165) is 39.6 Å². The number of hydrogen-bond acceptors (Lipinski definition) is 3. The predicted octanol–water partition coefficient (Wildman–Crippen LogP) is 5.32. The van der Waals surface area contributed by atoms with Gasteiger partial charge in [-0.25, -0.2) is 0 Å². The number of aromatic nitrogens is 4. The van der Waals surface area contributed by atoms with Gasteiger partial charge in [0.25, 0.3) is 5.91 Å². The van der Waals surface area contributed by atoms with Crippen LogP contribution in [0.4, 0.5) is 5.69 Å². The third kappa shape index (κ3) is 4.75. The highest BCUT2D eigenvalue weighted by Gasteiger charge is 2.16. The molecular formula is C25H26ClN5O. The number of carbonyl (C=O) groups excluding carboxylic acids is 1. The van der Waals surface area contributed by atoms with Crippen molar-refractivity contribution < 1.29 is 4.79 Å². The minimum Gasteiger partial charge on any atom is -0.319 e. The molecule has 1 N–H and O–H groups in total. The molecular weight excluding hydrogens is 422 g/mol. The van der Waals surface area contributed by atoms with Gasteiger partial charge >= 0.3 is 0 Å². The van der Waals surface area contributed by atoms with E-state index < -0.39 is 0 Å². The average Bonchev–Trinajstić information content (AvgIpc) is 3.20. The number of nitrogens with one attached hydrogen (secondary N) is 1. The number of hydrogen-bond donors (Lipinski definition) is 1. The molecule has 0 aliphatic rings. The highest BCUT2D eigenvalue weighted by Crippen LogP contribution is 2.22. The maximum absolute atomic E-state index is 12.9. The Morgan fingerprint density at radius 3 is 2.28 bits per heavy atom. The molecule has 0 atom stereocenters. The van der Waals surface area contributed by atoms with Crippen molar-refractivity contribution in [2.45, 2.75) is 40.8 Å². The average molecular weight is 448 g/mol. The summed E-state index contributed by atoms with van der Waals surface area (Å²) in [4.78, 5) is 12.9. The molecule has 2 aromatic heterocycles. The van der Waals surface area contributed by atoms with Crippen LogP contribution >= 0.6 is 11.6 Å². The van der Waals surface area contributed by atoms with Gasteiger partial charge in [-0.05, 0) is 69.2 Å². The fourth-order valence-electron chi connectivity index (χ4n) is 3.80. The Hall–Kier alpha value is -3.38. The molecule has 0 aliphatic heterocycles. The molecule has 0 saturated carbocycles. The van der Waals surface area contributed by atoms with Crippen LogP contribution in [0.3, 0.4) is 0 Å². The van der Waals surface area contributed by atoms with Crippen LogP contribution in [-0.4, -0.2) is 25.5 Å². The van der Waals surface area contributed by atoms with Crippen molar-refractivity contribution in [2.75, 3.05) is 5.32 Å². The van der Waals surface area contributed by atoms with Crippen molar-refractivity contribution in [2.24, 2.45) is 0 Å². The van der Waals surface area contributed by atoms with Gasteiger partial charge in [0.15, 0.2) is 0 Å². The Balaban J connectivity index is 1.46. The van der Waals surface area contributed by atoms with Crippen molar-refractivity contribution in [1.29, 1.82) is 0 Å². The summed E-state index contributed by atoms with van der Waals surface area (Å²) in [5, 5.41) is 12.8. The van der Waals surface area contributed by atoms with Gasteiger partial charge < -0.3 is 5.32 Å². The summed E-state index contributed by atoms with van der Waals surface area (Å²) < 4.78 is 3.85. The van der Waals surface area contributed by atoms with Crippen molar-refractivity contribution in [3.05, 3.63) is 99.1 Å². The zero-order valence-electron chi connectivity index (χ0n) is 18.7. The maximum atomic E-state index is 12.9. The van der Waals surface area contributed by atoms with Crippen LogP contribution in [0.25, 0.3) is 0 Å². The summed E-state index contributed by atoms with van der Waals surface area (Å²) in [6.07, 6.45) is 0. The maximum Gasteiger partial charge on any atom is 0.255 e. The van der Waals surface area contributed by atoms with E-state index in [1.54, 1.807) is 0 Å². The van der Waals surface area contributed by atoms with Crippen molar-refractivity contribution in [1.82, 2.24) is 19.6 Å². The Labute approximate surface area is 192 Å². The zero-order valence-corrected chi connectivity index (χ0v) is 19.4. The summed E-state index contributed by atoms with van der Waals surface area (Å²) in [6.45, 7) is 9.14. The third-order valence-electron chi connectivity index (χ3n) is 5.49. The Morgan fingerprint density at radius 2 is 1.62 bits per heavy atom. The lowest BCUT2D eigenvalue weighted by Crippen LogP contribution is -2.13. The quantitative estimate of drug-likeness (QED) is 0.435. The van der Waals surface area contributed by atoms with Gasteiger partial charge in [0.1, 0.15) is 0 Å². The lowest BCUT2D eigenvalue weighted by atomic mass is 10.1. The van der Waals surface area contributed by atoms with Crippen LogP contribution in [-0.2, 0) is 13.1 Å². The first-order chi connectivity index (χ1) is 15.3. The van der Waals surface area contributed by atoms with E-state index in [9.17, 15) is 4.79 Å². The molecule has 164 valence electrons. The standard InChI is InChI=1S/C25H26ClN5O/c1-16-12-17(2)30(28-16)14-20-8-10-22(11-9-20)25(32)27-24-18(3)29-31(19(24)4)15-21-6-5-7-23(26)13-21/h5-13H,14-15H2,1-4H3,(H,27,32). The van der Waals surface area contributed by atoms with Gasteiger partial charge in [-0.2, -0.15) is 10.2 Å². The Morgan fingerprint density at radius 1 is 0.906 bits per heavy atom. The van der Waals surface area contributed by atoms with Crippen LogP contribution in [0.1, 0.15) is 44.3 Å². The number of nitrogens with zero attached hydrogens (tertiary/aromatic N) is 4. The molecule has 0 spiro atoms. The van der Waals surface area contributed by atoms with Gasteiger partial charge in [0, 0.05) is 16.3 Å². The molecule has 7 heteroatoms. The molecule has 2 aromatic carbocycles. The second-order valence-electron chi connectivity index (χ2n) is 8.07. The highest BCUT2D eigenvalue weighted by atomic mass is 35.5. The van der Waals surface area contributed by atoms with E-state index in [1.807, 2.05) is 85.6 Å². The van der Waals surface area contributed by atoms with E-state index in [1.165, 1.54) is 0 Å². The Bertz CT molecular complexity index is 1270. The smallest absolute Gasteiger partial charge is 0.255 e. The van der Waals surface area contributed by atoms with E-state index in [4.69, 9.17) is 11.6 Å². The lowest BCUT2D eigenvalue weighted by Gasteiger charge is -2.09. The van der Waals surface area contributed by atoms with Gasteiger partial charge in [-0.3, -0.25) is 14.2 Å². The summed E-state index contributed by atoms with van der Waals surface area (Å²) in [6, 6.07) is 17.4. The number of anilines is 1. The second-order valence-corrected chi connectivity index (χ2v) is 8.51. The van der Waals surface area contributed by atoms with Gasteiger partial charge in [0.05, 0.1) is 35.9 Å².